The lowest BCUT2D eigenvalue weighted by atomic mass is 10.2. The van der Waals surface area contributed by atoms with Gasteiger partial charge in [0.15, 0.2) is 5.13 Å². The van der Waals surface area contributed by atoms with Gasteiger partial charge in [0.05, 0.1) is 11.2 Å². The number of anilines is 3. The second-order valence-corrected chi connectivity index (χ2v) is 6.07. The number of carbonyl (C=O) groups is 1. The fourth-order valence-corrected chi connectivity index (χ4v) is 3.08. The average molecular weight is 347 g/mol. The molecular weight excluding hydrogens is 334 g/mol. The second kappa shape index (κ2) is 6.66. The summed E-state index contributed by atoms with van der Waals surface area (Å²) in [6.07, 6.45) is 3.42. The number of aromatic nitrogens is 3. The number of nitrogens with one attached hydrogen (secondary N) is 2. The zero-order valence-corrected chi connectivity index (χ0v) is 13.8. The molecule has 0 bridgehead atoms. The first-order valence-corrected chi connectivity index (χ1v) is 8.46. The molecule has 122 valence electrons. The first kappa shape index (κ1) is 15.2. The van der Waals surface area contributed by atoms with Crippen LogP contribution in [0.15, 0.2) is 66.3 Å². The summed E-state index contributed by atoms with van der Waals surface area (Å²) in [5, 5.41) is 9.20. The van der Waals surface area contributed by atoms with Gasteiger partial charge in [0.25, 0.3) is 5.91 Å². The number of pyridine rings is 2. The Morgan fingerprint density at radius 3 is 2.76 bits per heavy atom. The molecule has 0 aliphatic carbocycles. The third-order valence-electron chi connectivity index (χ3n) is 3.53. The molecule has 0 atom stereocenters. The zero-order chi connectivity index (χ0) is 17.1. The predicted molar refractivity (Wildman–Crippen MR) is 99.3 cm³/mol. The van der Waals surface area contributed by atoms with Gasteiger partial charge in [-0.2, -0.15) is 0 Å². The lowest BCUT2D eigenvalue weighted by Gasteiger charge is -2.06. The van der Waals surface area contributed by atoms with Gasteiger partial charge in [0, 0.05) is 23.2 Å². The van der Waals surface area contributed by atoms with E-state index in [4.69, 9.17) is 0 Å². The minimum Gasteiger partial charge on any atom is -0.320 e. The van der Waals surface area contributed by atoms with E-state index in [0.29, 0.717) is 22.3 Å². The molecule has 7 heteroatoms. The smallest absolute Gasteiger partial charge is 0.275 e. The Morgan fingerprint density at radius 2 is 1.88 bits per heavy atom. The van der Waals surface area contributed by atoms with E-state index in [9.17, 15) is 4.79 Å². The highest BCUT2D eigenvalue weighted by Gasteiger charge is 2.13. The van der Waals surface area contributed by atoms with Crippen LogP contribution in [0.25, 0.3) is 10.9 Å². The summed E-state index contributed by atoms with van der Waals surface area (Å²) in [7, 11) is 0. The van der Waals surface area contributed by atoms with Crippen molar-refractivity contribution in [3.63, 3.8) is 0 Å². The van der Waals surface area contributed by atoms with Gasteiger partial charge < -0.3 is 10.6 Å². The maximum absolute atomic E-state index is 12.5. The molecule has 2 N–H and O–H groups in total. The van der Waals surface area contributed by atoms with Crippen molar-refractivity contribution >= 4 is 44.8 Å². The van der Waals surface area contributed by atoms with Gasteiger partial charge in [0.1, 0.15) is 11.5 Å². The van der Waals surface area contributed by atoms with Crippen LogP contribution in [0.4, 0.5) is 16.6 Å². The maximum atomic E-state index is 12.5. The van der Waals surface area contributed by atoms with Crippen LogP contribution in [0.1, 0.15) is 10.5 Å². The zero-order valence-electron chi connectivity index (χ0n) is 13.0. The molecule has 0 saturated heterocycles. The Morgan fingerprint density at radius 1 is 0.960 bits per heavy atom. The number of amides is 1. The van der Waals surface area contributed by atoms with Crippen LogP contribution in [0.3, 0.4) is 0 Å². The van der Waals surface area contributed by atoms with Gasteiger partial charge in [-0.15, -0.1) is 11.3 Å². The lowest BCUT2D eigenvalue weighted by Crippen LogP contribution is -2.12. The summed E-state index contributed by atoms with van der Waals surface area (Å²) in [4.78, 5) is 25.3. The number of hydrogen-bond donors (Lipinski definition) is 2. The van der Waals surface area contributed by atoms with Gasteiger partial charge in [-0.05, 0) is 36.4 Å². The van der Waals surface area contributed by atoms with E-state index in [1.54, 1.807) is 17.8 Å². The Hall–Kier alpha value is -3.32. The van der Waals surface area contributed by atoms with Crippen LogP contribution >= 0.6 is 11.3 Å². The molecule has 0 saturated carbocycles. The lowest BCUT2D eigenvalue weighted by molar-refractivity contribution is 0.102. The Bertz CT molecular complexity index is 1030. The SMILES string of the molecule is O=C(Nc1cccc2ncccc12)c1csc(Nc2ccccn2)n1. The van der Waals surface area contributed by atoms with E-state index < -0.39 is 0 Å². The highest BCUT2D eigenvalue weighted by atomic mass is 32.1. The second-order valence-electron chi connectivity index (χ2n) is 5.21. The molecule has 0 spiro atoms. The number of thiazole rings is 1. The summed E-state index contributed by atoms with van der Waals surface area (Å²) >= 11 is 1.35. The van der Waals surface area contributed by atoms with Crippen molar-refractivity contribution in [3.8, 4) is 0 Å². The predicted octanol–water partition coefficient (Wildman–Crippen LogP) is 4.08. The van der Waals surface area contributed by atoms with E-state index in [2.05, 4.69) is 25.6 Å². The molecule has 1 amide bonds. The summed E-state index contributed by atoms with van der Waals surface area (Å²) in [5.41, 5.74) is 1.89. The van der Waals surface area contributed by atoms with Crippen LogP contribution in [0, 0.1) is 0 Å². The third kappa shape index (κ3) is 3.31. The van der Waals surface area contributed by atoms with Crippen LogP contribution in [0.5, 0.6) is 0 Å². The van der Waals surface area contributed by atoms with E-state index in [1.165, 1.54) is 11.3 Å². The van der Waals surface area contributed by atoms with Crippen LogP contribution in [-0.4, -0.2) is 20.9 Å². The Kier molecular flexibility index (Phi) is 4.05. The standard InChI is InChI=1S/C18H13N5OS/c24-17(21-14-7-3-6-13-12(14)5-4-10-19-13)15-11-25-18(22-15)23-16-8-1-2-9-20-16/h1-11H,(H,21,24)(H,20,22,23). The molecule has 6 nitrogen and oxygen atoms in total. The Labute approximate surface area is 147 Å². The number of rotatable bonds is 4. The minimum atomic E-state index is -0.262. The van der Waals surface area contributed by atoms with E-state index in [-0.39, 0.29) is 5.91 Å². The van der Waals surface area contributed by atoms with Crippen molar-refractivity contribution in [2.24, 2.45) is 0 Å². The first-order chi connectivity index (χ1) is 12.3. The number of carbonyl (C=O) groups excluding carboxylic acids is 1. The van der Waals surface area contributed by atoms with Crippen molar-refractivity contribution in [3.05, 3.63) is 72.0 Å². The number of fused-ring (bicyclic) bond motifs is 1. The average Bonchev–Trinajstić information content (AvgIpc) is 3.11. The highest BCUT2D eigenvalue weighted by molar-refractivity contribution is 7.14. The molecule has 0 aliphatic rings. The fourth-order valence-electron chi connectivity index (χ4n) is 2.38. The van der Waals surface area contributed by atoms with Crippen molar-refractivity contribution in [1.29, 1.82) is 0 Å². The molecule has 0 radical (unpaired) electrons. The monoisotopic (exact) mass is 347 g/mol. The van der Waals surface area contributed by atoms with Crippen LogP contribution in [0.2, 0.25) is 0 Å². The third-order valence-corrected chi connectivity index (χ3v) is 4.29. The van der Waals surface area contributed by atoms with Crippen molar-refractivity contribution in [2.45, 2.75) is 0 Å². The van der Waals surface area contributed by atoms with Crippen LogP contribution in [-0.2, 0) is 0 Å². The molecule has 3 heterocycles. The first-order valence-electron chi connectivity index (χ1n) is 7.58. The molecule has 1 aromatic carbocycles. The summed E-state index contributed by atoms with van der Waals surface area (Å²) in [6, 6.07) is 14.9. The number of nitrogens with zero attached hydrogens (tertiary/aromatic N) is 3. The van der Waals surface area contributed by atoms with Gasteiger partial charge in [-0.1, -0.05) is 12.1 Å². The van der Waals surface area contributed by atoms with Gasteiger partial charge >= 0.3 is 0 Å². The van der Waals surface area contributed by atoms with E-state index >= 15 is 0 Å². The molecule has 3 aromatic heterocycles. The normalized spacial score (nSPS) is 10.6. The largest absolute Gasteiger partial charge is 0.320 e. The summed E-state index contributed by atoms with van der Waals surface area (Å²) < 4.78 is 0. The van der Waals surface area contributed by atoms with Gasteiger partial charge in [-0.25, -0.2) is 9.97 Å². The maximum Gasteiger partial charge on any atom is 0.275 e. The number of benzene rings is 1. The minimum absolute atomic E-state index is 0.262. The van der Waals surface area contributed by atoms with Crippen molar-refractivity contribution in [1.82, 2.24) is 15.0 Å². The molecule has 4 aromatic rings. The molecule has 25 heavy (non-hydrogen) atoms. The summed E-state index contributed by atoms with van der Waals surface area (Å²) in [5.74, 6) is 0.422. The number of hydrogen-bond acceptors (Lipinski definition) is 6. The molecular formula is C18H13N5OS. The van der Waals surface area contributed by atoms with Crippen LogP contribution < -0.4 is 10.6 Å². The fraction of sp³-hybridized carbons (Fsp3) is 0. The summed E-state index contributed by atoms with van der Waals surface area (Å²) in [6.45, 7) is 0. The Balaban J connectivity index is 1.53. The molecule has 0 unspecified atom stereocenters. The quantitative estimate of drug-likeness (QED) is 0.581. The van der Waals surface area contributed by atoms with Crippen molar-refractivity contribution < 1.29 is 4.79 Å². The van der Waals surface area contributed by atoms with Crippen molar-refractivity contribution in [2.75, 3.05) is 10.6 Å². The van der Waals surface area contributed by atoms with E-state index in [1.807, 2.05) is 48.5 Å². The van der Waals surface area contributed by atoms with Gasteiger partial charge in [0.2, 0.25) is 0 Å². The molecule has 4 rings (SSSR count). The molecule has 0 fully saturated rings. The molecule has 0 aliphatic heterocycles. The van der Waals surface area contributed by atoms with E-state index in [0.717, 1.165) is 10.9 Å². The van der Waals surface area contributed by atoms with Gasteiger partial charge in [-0.3, -0.25) is 9.78 Å². The topological polar surface area (TPSA) is 79.8 Å². The highest BCUT2D eigenvalue weighted by Crippen LogP contribution is 2.23.